The maximum absolute atomic E-state index is 12.3. The second-order valence-electron chi connectivity index (χ2n) is 8.75. The second-order valence-corrected chi connectivity index (χ2v) is 10.1. The number of nitrogens with two attached hydrogens (primary N) is 1. The van der Waals surface area contributed by atoms with Gasteiger partial charge in [0, 0.05) is 24.6 Å². The van der Waals surface area contributed by atoms with E-state index in [1.54, 1.807) is 16.9 Å². The van der Waals surface area contributed by atoms with Crippen LogP contribution in [0.25, 0.3) is 11.2 Å². The normalized spacial score (nSPS) is 26.9. The van der Waals surface area contributed by atoms with Crippen molar-refractivity contribution in [2.45, 2.75) is 43.2 Å². The van der Waals surface area contributed by atoms with Crippen molar-refractivity contribution in [2.75, 3.05) is 12.3 Å². The minimum Gasteiger partial charge on any atom is -0.425 e. The van der Waals surface area contributed by atoms with Crippen molar-refractivity contribution in [1.82, 2.24) is 19.3 Å². The summed E-state index contributed by atoms with van der Waals surface area (Å²) in [7, 11) is -4.67. The molecule has 202 valence electrons. The summed E-state index contributed by atoms with van der Waals surface area (Å²) < 4.78 is 43.0. The van der Waals surface area contributed by atoms with Crippen LogP contribution in [0.4, 0.5) is 5.69 Å². The molecule has 2 aromatic heterocycles. The lowest BCUT2D eigenvalue weighted by Gasteiger charge is -2.21. The van der Waals surface area contributed by atoms with Crippen molar-refractivity contribution >= 4 is 39.0 Å². The number of carbonyl (C=O) groups is 2. The number of aliphatic hydroxyl groups is 3. The number of carbonyl (C=O) groups excluding carboxylic acids is 2. The number of nitrogen functional groups attached to an aromatic ring is 1. The lowest BCUT2D eigenvalue weighted by Crippen LogP contribution is -2.38. The Balaban J connectivity index is 1.17. The molecule has 2 aliphatic heterocycles. The van der Waals surface area contributed by atoms with E-state index in [0.717, 1.165) is 0 Å². The van der Waals surface area contributed by atoms with E-state index in [0.29, 0.717) is 11.2 Å². The molecule has 16 heteroatoms. The van der Waals surface area contributed by atoms with Gasteiger partial charge in [-0.3, -0.25) is 13.5 Å². The number of anilines is 1. The molecule has 5 atom stereocenters. The van der Waals surface area contributed by atoms with E-state index in [1.807, 2.05) is 0 Å². The summed E-state index contributed by atoms with van der Waals surface area (Å²) in [6, 6.07) is 7.61. The van der Waals surface area contributed by atoms with E-state index in [1.165, 1.54) is 35.3 Å². The number of cyclic esters (lactones) is 1. The number of ether oxygens (including phenoxy) is 2. The number of nitrogens with one attached hydrogen (secondary N) is 1. The number of esters is 1. The fourth-order valence-corrected chi connectivity index (χ4v) is 5.10. The number of aliphatic hydroxyl groups excluding tert-OH is 2. The molecule has 5 rings (SSSR count). The van der Waals surface area contributed by atoms with Crippen LogP contribution in [0.2, 0.25) is 0 Å². The highest BCUT2D eigenvalue weighted by molar-refractivity contribution is 7.85. The number of imidazole rings is 1. The summed E-state index contributed by atoms with van der Waals surface area (Å²) in [5, 5.41) is 31.5. The van der Waals surface area contributed by atoms with Gasteiger partial charge >= 0.3 is 16.3 Å². The standard InChI is InChI=1S/C22H23N5O10S/c23-13-6-8-24-19-16(13)25-10-27(19)20-18(30)17(29)14(36-20)9-35-38(33,34)26-15(28)5-7-22(32)12-4-2-1-3-11(12)21(31)37-22/h1-4,6,8,10,14,17-18,20,29-30,32H,5,7,9H2,(H2,23,24)(H,26,28)/t14-,17-,18-,20-,22?/m1/s1. The van der Waals surface area contributed by atoms with Gasteiger partial charge in [-0.15, -0.1) is 0 Å². The molecule has 0 spiro atoms. The van der Waals surface area contributed by atoms with Crippen LogP contribution >= 0.6 is 0 Å². The van der Waals surface area contributed by atoms with Gasteiger partial charge in [0.1, 0.15) is 23.8 Å². The molecule has 15 nitrogen and oxygen atoms in total. The number of hydrogen-bond acceptors (Lipinski definition) is 13. The quantitative estimate of drug-likeness (QED) is 0.209. The number of aromatic nitrogens is 3. The highest BCUT2D eigenvalue weighted by Gasteiger charge is 2.46. The summed E-state index contributed by atoms with van der Waals surface area (Å²) in [5.74, 6) is -3.89. The van der Waals surface area contributed by atoms with Crippen LogP contribution in [0.5, 0.6) is 0 Å². The second kappa shape index (κ2) is 9.57. The van der Waals surface area contributed by atoms with Gasteiger partial charge in [0.15, 0.2) is 11.9 Å². The van der Waals surface area contributed by atoms with Crippen molar-refractivity contribution < 1.29 is 47.0 Å². The van der Waals surface area contributed by atoms with Crippen molar-refractivity contribution in [3.8, 4) is 0 Å². The molecule has 3 aromatic rings. The summed E-state index contributed by atoms with van der Waals surface area (Å²) in [6.45, 7) is -0.742. The molecule has 0 radical (unpaired) electrons. The molecule has 1 aromatic carbocycles. The summed E-state index contributed by atoms with van der Waals surface area (Å²) in [5.41, 5.74) is 7.14. The Morgan fingerprint density at radius 2 is 1.97 bits per heavy atom. The third kappa shape index (κ3) is 4.68. The van der Waals surface area contributed by atoms with Gasteiger partial charge < -0.3 is 30.5 Å². The van der Waals surface area contributed by atoms with Gasteiger partial charge in [0.05, 0.1) is 24.2 Å². The molecule has 1 saturated heterocycles. The van der Waals surface area contributed by atoms with Gasteiger partial charge in [0.2, 0.25) is 11.7 Å². The zero-order valence-electron chi connectivity index (χ0n) is 19.5. The first-order valence-electron chi connectivity index (χ1n) is 11.3. The molecule has 38 heavy (non-hydrogen) atoms. The van der Waals surface area contributed by atoms with E-state index in [4.69, 9.17) is 19.4 Å². The first kappa shape index (κ1) is 26.0. The van der Waals surface area contributed by atoms with E-state index < -0.39 is 72.0 Å². The SMILES string of the molecule is Nc1ccnc2c1ncn2[C@@H]1O[C@H](COS(=O)(=O)NC(=O)CCC2(O)OC(=O)c3ccccc32)[C@@H](O)[C@H]1O. The molecular formula is C22H23N5O10S. The molecule has 1 fully saturated rings. The largest absolute Gasteiger partial charge is 0.425 e. The Kier molecular flexibility index (Phi) is 6.54. The molecule has 1 amide bonds. The van der Waals surface area contributed by atoms with Crippen LogP contribution in [0, 0.1) is 0 Å². The zero-order valence-corrected chi connectivity index (χ0v) is 20.3. The number of hydrogen-bond donors (Lipinski definition) is 5. The smallest absolute Gasteiger partial charge is 0.362 e. The fourth-order valence-electron chi connectivity index (χ4n) is 4.35. The van der Waals surface area contributed by atoms with Crippen molar-refractivity contribution in [3.63, 3.8) is 0 Å². The van der Waals surface area contributed by atoms with Crippen molar-refractivity contribution in [1.29, 1.82) is 0 Å². The zero-order chi connectivity index (χ0) is 27.2. The van der Waals surface area contributed by atoms with Crippen LogP contribution in [-0.4, -0.2) is 75.1 Å². The van der Waals surface area contributed by atoms with Crippen LogP contribution in [0.1, 0.15) is 35.0 Å². The Labute approximate surface area is 215 Å². The monoisotopic (exact) mass is 549 g/mol. The van der Waals surface area contributed by atoms with Crippen molar-refractivity contribution in [2.24, 2.45) is 0 Å². The predicted octanol–water partition coefficient (Wildman–Crippen LogP) is -1.19. The average Bonchev–Trinajstić information content (AvgIpc) is 3.51. The average molecular weight is 550 g/mol. The molecule has 4 heterocycles. The Hall–Kier alpha value is -3.67. The Morgan fingerprint density at radius 3 is 2.76 bits per heavy atom. The van der Waals surface area contributed by atoms with E-state index in [9.17, 15) is 33.3 Å². The highest BCUT2D eigenvalue weighted by Crippen LogP contribution is 2.37. The van der Waals surface area contributed by atoms with E-state index in [-0.39, 0.29) is 16.8 Å². The van der Waals surface area contributed by atoms with Gasteiger partial charge in [-0.25, -0.2) is 19.5 Å². The first-order chi connectivity index (χ1) is 18.0. The maximum atomic E-state index is 12.3. The summed E-state index contributed by atoms with van der Waals surface area (Å²) in [4.78, 5) is 32.4. The Morgan fingerprint density at radius 1 is 1.21 bits per heavy atom. The number of pyridine rings is 1. The van der Waals surface area contributed by atoms with Crippen molar-refractivity contribution in [3.05, 3.63) is 54.0 Å². The molecule has 1 unspecified atom stereocenters. The summed E-state index contributed by atoms with van der Waals surface area (Å²) >= 11 is 0. The van der Waals surface area contributed by atoms with Crippen LogP contribution < -0.4 is 10.5 Å². The number of amides is 1. The molecule has 2 aliphatic rings. The highest BCUT2D eigenvalue weighted by atomic mass is 32.2. The minimum atomic E-state index is -4.67. The van der Waals surface area contributed by atoms with Crippen LogP contribution in [0.15, 0.2) is 42.9 Å². The van der Waals surface area contributed by atoms with Gasteiger partial charge in [-0.1, -0.05) is 18.2 Å². The number of fused-ring (bicyclic) bond motifs is 2. The molecule has 0 bridgehead atoms. The lowest BCUT2D eigenvalue weighted by molar-refractivity contribution is -0.170. The van der Waals surface area contributed by atoms with E-state index in [2.05, 4.69) is 9.97 Å². The number of nitrogens with zero attached hydrogens (tertiary/aromatic N) is 3. The molecule has 6 N–H and O–H groups in total. The Bertz CT molecular complexity index is 1510. The fraction of sp³-hybridized carbons (Fsp3) is 0.364. The van der Waals surface area contributed by atoms with Gasteiger partial charge in [-0.2, -0.15) is 8.42 Å². The van der Waals surface area contributed by atoms with E-state index >= 15 is 0 Å². The lowest BCUT2D eigenvalue weighted by atomic mass is 9.98. The third-order valence-corrected chi connectivity index (χ3v) is 7.17. The van der Waals surface area contributed by atoms with Gasteiger partial charge in [0.25, 0.3) is 0 Å². The topological polar surface area (TPSA) is 225 Å². The molecular weight excluding hydrogens is 526 g/mol. The van der Waals surface area contributed by atoms with Crippen LogP contribution in [0.3, 0.4) is 0 Å². The molecule has 0 aliphatic carbocycles. The predicted molar refractivity (Wildman–Crippen MR) is 126 cm³/mol. The first-order valence-corrected chi connectivity index (χ1v) is 12.7. The van der Waals surface area contributed by atoms with Gasteiger partial charge in [-0.05, 0) is 12.1 Å². The molecule has 0 saturated carbocycles. The number of benzene rings is 1. The van der Waals surface area contributed by atoms with Crippen LogP contribution in [-0.2, 0) is 34.5 Å². The number of rotatable bonds is 8. The maximum Gasteiger partial charge on any atom is 0.362 e. The third-order valence-electron chi connectivity index (χ3n) is 6.25. The minimum absolute atomic E-state index is 0.143. The summed E-state index contributed by atoms with van der Waals surface area (Å²) in [6.07, 6.45) is -3.71.